The van der Waals surface area contributed by atoms with Gasteiger partial charge in [-0.25, -0.2) is 0 Å². The van der Waals surface area contributed by atoms with Gasteiger partial charge >= 0.3 is 0 Å². The van der Waals surface area contributed by atoms with Gasteiger partial charge in [0.2, 0.25) is 0 Å². The first kappa shape index (κ1) is 12.3. The molecule has 0 radical (unpaired) electrons. The summed E-state index contributed by atoms with van der Waals surface area (Å²) in [6.45, 7) is 6.23. The van der Waals surface area contributed by atoms with Crippen LogP contribution >= 0.6 is 0 Å². The molecule has 86 valence electrons. The van der Waals surface area contributed by atoms with E-state index in [1.165, 1.54) is 5.56 Å². The average Bonchev–Trinajstić information content (AvgIpc) is 2.60. The largest absolute Gasteiger partial charge is 0.469 e. The molecule has 1 N–H and O–H groups in total. The van der Waals surface area contributed by atoms with Crippen LogP contribution in [0, 0.1) is 6.92 Å². The number of hydrogen-bond donors (Lipinski definition) is 1. The highest BCUT2D eigenvalue weighted by atomic mass is 16.3. The standard InChI is InChI=1S/C12H22N2O/c1-5-12(8-13-3)14(4)9-11-6-7-15-10(11)2/h6-7,12-13H,5,8-9H2,1-4H3. The molecule has 0 spiro atoms. The quantitative estimate of drug-likeness (QED) is 0.778. The summed E-state index contributed by atoms with van der Waals surface area (Å²) in [7, 11) is 4.16. The molecule has 0 aliphatic carbocycles. The van der Waals surface area contributed by atoms with Gasteiger partial charge in [0.05, 0.1) is 6.26 Å². The van der Waals surface area contributed by atoms with Crippen molar-refractivity contribution in [3.8, 4) is 0 Å². The van der Waals surface area contributed by atoms with E-state index in [1.54, 1.807) is 6.26 Å². The average molecular weight is 210 g/mol. The first-order valence-corrected chi connectivity index (χ1v) is 5.56. The normalized spacial score (nSPS) is 13.4. The molecular formula is C12H22N2O. The van der Waals surface area contributed by atoms with Gasteiger partial charge in [0, 0.05) is 24.7 Å². The van der Waals surface area contributed by atoms with Gasteiger partial charge in [0.15, 0.2) is 0 Å². The Balaban J connectivity index is 2.53. The van der Waals surface area contributed by atoms with Crippen LogP contribution in [0.1, 0.15) is 24.7 Å². The Labute approximate surface area is 92.5 Å². The molecule has 0 bridgehead atoms. The van der Waals surface area contributed by atoms with Crippen molar-refractivity contribution >= 4 is 0 Å². The zero-order valence-corrected chi connectivity index (χ0v) is 10.2. The first-order chi connectivity index (χ1) is 7.19. The van der Waals surface area contributed by atoms with Gasteiger partial charge in [-0.1, -0.05) is 6.92 Å². The van der Waals surface area contributed by atoms with E-state index in [1.807, 2.05) is 14.0 Å². The lowest BCUT2D eigenvalue weighted by atomic mass is 10.1. The van der Waals surface area contributed by atoms with Crippen LogP contribution in [0.25, 0.3) is 0 Å². The van der Waals surface area contributed by atoms with Crippen LogP contribution in [-0.4, -0.2) is 31.6 Å². The highest BCUT2D eigenvalue weighted by Crippen LogP contribution is 2.13. The van der Waals surface area contributed by atoms with Crippen molar-refractivity contribution in [2.75, 3.05) is 20.6 Å². The van der Waals surface area contributed by atoms with Crippen molar-refractivity contribution in [3.63, 3.8) is 0 Å². The van der Waals surface area contributed by atoms with E-state index in [0.29, 0.717) is 6.04 Å². The second-order valence-electron chi connectivity index (χ2n) is 4.04. The first-order valence-electron chi connectivity index (χ1n) is 5.56. The Bertz CT molecular complexity index is 283. The number of aryl methyl sites for hydroxylation is 1. The van der Waals surface area contributed by atoms with Gasteiger partial charge in [-0.3, -0.25) is 4.90 Å². The lowest BCUT2D eigenvalue weighted by Gasteiger charge is -2.26. The Morgan fingerprint density at radius 3 is 2.73 bits per heavy atom. The molecule has 1 aromatic rings. The van der Waals surface area contributed by atoms with E-state index in [9.17, 15) is 0 Å². The van der Waals surface area contributed by atoms with E-state index in [4.69, 9.17) is 4.42 Å². The van der Waals surface area contributed by atoms with Crippen LogP contribution in [0.5, 0.6) is 0 Å². The second kappa shape index (κ2) is 5.93. The fourth-order valence-corrected chi connectivity index (χ4v) is 1.82. The molecule has 1 aromatic heterocycles. The zero-order valence-electron chi connectivity index (χ0n) is 10.2. The number of hydrogen-bond acceptors (Lipinski definition) is 3. The minimum absolute atomic E-state index is 0.587. The fourth-order valence-electron chi connectivity index (χ4n) is 1.82. The molecule has 0 fully saturated rings. The molecule has 1 rings (SSSR count). The highest BCUT2D eigenvalue weighted by molar-refractivity contribution is 5.15. The summed E-state index contributed by atoms with van der Waals surface area (Å²) in [5.41, 5.74) is 1.28. The molecule has 0 aliphatic rings. The van der Waals surface area contributed by atoms with Crippen LogP contribution in [0.2, 0.25) is 0 Å². The third kappa shape index (κ3) is 3.36. The van der Waals surface area contributed by atoms with E-state index in [-0.39, 0.29) is 0 Å². The van der Waals surface area contributed by atoms with Crippen LogP contribution < -0.4 is 5.32 Å². The van der Waals surface area contributed by atoms with Crippen LogP contribution in [0.15, 0.2) is 16.7 Å². The second-order valence-corrected chi connectivity index (χ2v) is 4.04. The molecule has 0 aliphatic heterocycles. The molecule has 3 nitrogen and oxygen atoms in total. The summed E-state index contributed by atoms with van der Waals surface area (Å²) in [5, 5.41) is 3.23. The molecule has 0 saturated carbocycles. The van der Waals surface area contributed by atoms with E-state index < -0.39 is 0 Å². The monoisotopic (exact) mass is 210 g/mol. The van der Waals surface area contributed by atoms with E-state index >= 15 is 0 Å². The summed E-state index contributed by atoms with van der Waals surface area (Å²) in [6.07, 6.45) is 2.92. The van der Waals surface area contributed by atoms with Gasteiger partial charge in [-0.05, 0) is 33.5 Å². The van der Waals surface area contributed by atoms with Crippen LogP contribution in [0.3, 0.4) is 0 Å². The molecule has 0 amide bonds. The lowest BCUT2D eigenvalue weighted by molar-refractivity contribution is 0.223. The number of nitrogens with zero attached hydrogens (tertiary/aromatic N) is 1. The van der Waals surface area contributed by atoms with Crippen molar-refractivity contribution in [3.05, 3.63) is 23.7 Å². The molecule has 1 heterocycles. The minimum Gasteiger partial charge on any atom is -0.469 e. The van der Waals surface area contributed by atoms with Crippen molar-refractivity contribution in [1.29, 1.82) is 0 Å². The van der Waals surface area contributed by atoms with Crippen molar-refractivity contribution in [1.82, 2.24) is 10.2 Å². The molecule has 0 aromatic carbocycles. The van der Waals surface area contributed by atoms with Gasteiger partial charge in [0.25, 0.3) is 0 Å². The third-order valence-electron chi connectivity index (χ3n) is 2.92. The van der Waals surface area contributed by atoms with E-state index in [0.717, 1.165) is 25.3 Å². The summed E-state index contributed by atoms with van der Waals surface area (Å²) in [6, 6.07) is 2.64. The van der Waals surface area contributed by atoms with Crippen molar-refractivity contribution in [2.45, 2.75) is 32.9 Å². The molecule has 0 saturated heterocycles. The van der Waals surface area contributed by atoms with Crippen LogP contribution in [0.4, 0.5) is 0 Å². The number of likely N-dealkylation sites (N-methyl/N-ethyl adjacent to an activating group) is 2. The number of furan rings is 1. The fraction of sp³-hybridized carbons (Fsp3) is 0.667. The molecule has 15 heavy (non-hydrogen) atoms. The van der Waals surface area contributed by atoms with Gasteiger partial charge < -0.3 is 9.73 Å². The van der Waals surface area contributed by atoms with Gasteiger partial charge in [0.1, 0.15) is 5.76 Å². The minimum atomic E-state index is 0.587. The SMILES string of the molecule is CCC(CNC)N(C)Cc1ccoc1C. The van der Waals surface area contributed by atoms with Crippen molar-refractivity contribution in [2.24, 2.45) is 0 Å². The van der Waals surface area contributed by atoms with Crippen molar-refractivity contribution < 1.29 is 4.42 Å². The topological polar surface area (TPSA) is 28.4 Å². The maximum Gasteiger partial charge on any atom is 0.105 e. The molecule has 1 unspecified atom stereocenters. The highest BCUT2D eigenvalue weighted by Gasteiger charge is 2.13. The number of rotatable bonds is 6. The molecule has 3 heteroatoms. The summed E-state index contributed by atoms with van der Waals surface area (Å²) >= 11 is 0. The summed E-state index contributed by atoms with van der Waals surface area (Å²) < 4.78 is 5.30. The smallest absolute Gasteiger partial charge is 0.105 e. The van der Waals surface area contributed by atoms with Crippen LogP contribution in [-0.2, 0) is 6.54 Å². The zero-order chi connectivity index (χ0) is 11.3. The number of nitrogens with one attached hydrogen (secondary N) is 1. The predicted molar refractivity (Wildman–Crippen MR) is 62.9 cm³/mol. The Morgan fingerprint density at radius 1 is 1.53 bits per heavy atom. The third-order valence-corrected chi connectivity index (χ3v) is 2.92. The maximum atomic E-state index is 5.30. The van der Waals surface area contributed by atoms with E-state index in [2.05, 4.69) is 30.3 Å². The maximum absolute atomic E-state index is 5.30. The summed E-state index contributed by atoms with van der Waals surface area (Å²) in [4.78, 5) is 2.37. The Hall–Kier alpha value is -0.800. The lowest BCUT2D eigenvalue weighted by Crippen LogP contribution is -2.38. The molecular weight excluding hydrogens is 188 g/mol. The Morgan fingerprint density at radius 2 is 2.27 bits per heavy atom. The van der Waals surface area contributed by atoms with Gasteiger partial charge in [-0.15, -0.1) is 0 Å². The molecule has 1 atom stereocenters. The van der Waals surface area contributed by atoms with Gasteiger partial charge in [-0.2, -0.15) is 0 Å². The summed E-state index contributed by atoms with van der Waals surface area (Å²) in [5.74, 6) is 1.03. The predicted octanol–water partition coefficient (Wildman–Crippen LogP) is 2.02. The Kier molecular flexibility index (Phi) is 4.85.